The molecule has 9 heteroatoms. The molecule has 1 saturated carbocycles. The molecule has 1 heterocycles. The van der Waals surface area contributed by atoms with Crippen molar-refractivity contribution in [1.29, 1.82) is 0 Å². The Morgan fingerprint density at radius 2 is 2.14 bits per heavy atom. The number of oxime groups is 1. The van der Waals surface area contributed by atoms with Crippen LogP contribution in [-0.4, -0.2) is 27.9 Å². The number of nitrogens with two attached hydrogens (primary N) is 1. The van der Waals surface area contributed by atoms with Gasteiger partial charge in [-0.3, -0.25) is 4.68 Å². The first-order chi connectivity index (χ1) is 13.4. The SMILES string of the molecule is Cc1ccccc1C1(/C(N)=N/OC(=O)c2cc(C(F)F)nn2CCC=O)CC1. The van der Waals surface area contributed by atoms with Crippen molar-refractivity contribution in [2.75, 3.05) is 0 Å². The van der Waals surface area contributed by atoms with Crippen LogP contribution >= 0.6 is 0 Å². The summed E-state index contributed by atoms with van der Waals surface area (Å²) in [5, 5.41) is 7.42. The van der Waals surface area contributed by atoms with Gasteiger partial charge < -0.3 is 15.4 Å². The summed E-state index contributed by atoms with van der Waals surface area (Å²) in [5.41, 5.74) is 6.90. The fourth-order valence-electron chi connectivity index (χ4n) is 3.18. The number of alkyl halides is 2. The molecule has 28 heavy (non-hydrogen) atoms. The van der Waals surface area contributed by atoms with E-state index in [-0.39, 0.29) is 24.5 Å². The average molecular weight is 390 g/mol. The molecule has 1 aromatic carbocycles. The number of halogens is 2. The van der Waals surface area contributed by atoms with Gasteiger partial charge in [-0.15, -0.1) is 0 Å². The van der Waals surface area contributed by atoms with Crippen LogP contribution in [0.4, 0.5) is 8.78 Å². The van der Waals surface area contributed by atoms with Crippen LogP contribution in [0.5, 0.6) is 0 Å². The topological polar surface area (TPSA) is 99.6 Å². The smallest absolute Gasteiger partial charge is 0.383 e. The number of hydrogen-bond donors (Lipinski definition) is 1. The quantitative estimate of drug-likeness (QED) is 0.246. The maximum Gasteiger partial charge on any atom is 0.383 e. The summed E-state index contributed by atoms with van der Waals surface area (Å²) < 4.78 is 26.8. The second kappa shape index (κ2) is 7.87. The van der Waals surface area contributed by atoms with E-state index in [1.165, 1.54) is 0 Å². The minimum atomic E-state index is -2.85. The van der Waals surface area contributed by atoms with Crippen molar-refractivity contribution in [2.45, 2.75) is 44.6 Å². The number of hydrogen-bond acceptors (Lipinski definition) is 5. The Morgan fingerprint density at radius 3 is 2.75 bits per heavy atom. The number of aromatic nitrogens is 2. The highest BCUT2D eigenvalue weighted by molar-refractivity contribution is 5.95. The minimum absolute atomic E-state index is 0.0203. The van der Waals surface area contributed by atoms with Crippen LogP contribution in [0, 0.1) is 6.92 Å². The van der Waals surface area contributed by atoms with Gasteiger partial charge in [0.1, 0.15) is 17.7 Å². The van der Waals surface area contributed by atoms with Crippen molar-refractivity contribution >= 4 is 18.1 Å². The molecular weight excluding hydrogens is 370 g/mol. The van der Waals surface area contributed by atoms with Crippen LogP contribution in [-0.2, 0) is 21.6 Å². The maximum absolute atomic E-state index is 12.9. The van der Waals surface area contributed by atoms with Gasteiger partial charge in [0.2, 0.25) is 0 Å². The molecule has 0 saturated heterocycles. The molecule has 1 aromatic heterocycles. The van der Waals surface area contributed by atoms with Gasteiger partial charge in [0, 0.05) is 19.0 Å². The lowest BCUT2D eigenvalue weighted by Gasteiger charge is -2.16. The summed E-state index contributed by atoms with van der Waals surface area (Å²) >= 11 is 0. The van der Waals surface area contributed by atoms with E-state index in [0.717, 1.165) is 34.7 Å². The summed E-state index contributed by atoms with van der Waals surface area (Å²) in [5.74, 6) is -0.808. The number of aryl methyl sites for hydroxylation is 2. The molecule has 0 radical (unpaired) electrons. The first-order valence-corrected chi connectivity index (χ1v) is 8.80. The zero-order valence-corrected chi connectivity index (χ0v) is 15.3. The fourth-order valence-corrected chi connectivity index (χ4v) is 3.18. The molecule has 148 valence electrons. The number of amidine groups is 1. The van der Waals surface area contributed by atoms with E-state index in [0.29, 0.717) is 6.29 Å². The monoisotopic (exact) mass is 390 g/mol. The molecule has 0 bridgehead atoms. The van der Waals surface area contributed by atoms with Crippen LogP contribution in [0.15, 0.2) is 35.5 Å². The Labute approximate surface area is 160 Å². The molecule has 7 nitrogen and oxygen atoms in total. The van der Waals surface area contributed by atoms with Crippen molar-refractivity contribution in [3.8, 4) is 0 Å². The number of aldehydes is 1. The molecule has 0 spiro atoms. The van der Waals surface area contributed by atoms with Crippen LogP contribution in [0.1, 0.15) is 53.0 Å². The van der Waals surface area contributed by atoms with Crippen LogP contribution in [0.2, 0.25) is 0 Å². The summed E-state index contributed by atoms with van der Waals surface area (Å²) in [7, 11) is 0. The van der Waals surface area contributed by atoms with Gasteiger partial charge >= 0.3 is 5.97 Å². The Morgan fingerprint density at radius 1 is 1.43 bits per heavy atom. The standard InChI is InChI=1S/C19H20F2N4O3/c1-12-5-2-3-6-13(12)19(7-8-19)18(22)24-28-17(27)15-11-14(16(20)21)23-25(15)9-4-10-26/h2-3,5-6,10-11,16H,4,7-9H2,1H3,(H2,22,24). The van der Waals surface area contributed by atoms with Crippen molar-refractivity contribution in [3.05, 3.63) is 52.8 Å². The van der Waals surface area contributed by atoms with E-state index in [1.807, 2.05) is 31.2 Å². The second-order valence-corrected chi connectivity index (χ2v) is 6.69. The second-order valence-electron chi connectivity index (χ2n) is 6.69. The zero-order chi connectivity index (χ0) is 20.3. The van der Waals surface area contributed by atoms with Crippen LogP contribution in [0.3, 0.4) is 0 Å². The molecule has 0 unspecified atom stereocenters. The molecule has 1 fully saturated rings. The Bertz CT molecular complexity index is 920. The fraction of sp³-hybridized carbons (Fsp3) is 0.368. The third-order valence-corrected chi connectivity index (χ3v) is 4.82. The van der Waals surface area contributed by atoms with Crippen molar-refractivity contribution in [1.82, 2.24) is 9.78 Å². The third-order valence-electron chi connectivity index (χ3n) is 4.82. The highest BCUT2D eigenvalue weighted by Crippen LogP contribution is 2.49. The molecule has 1 aliphatic rings. The van der Waals surface area contributed by atoms with Gasteiger partial charge in [-0.05, 0) is 30.9 Å². The minimum Gasteiger partial charge on any atom is -0.384 e. The van der Waals surface area contributed by atoms with Crippen LogP contribution in [0.25, 0.3) is 0 Å². The molecule has 3 rings (SSSR count). The highest BCUT2D eigenvalue weighted by Gasteiger charge is 2.49. The molecule has 1 aliphatic carbocycles. The van der Waals surface area contributed by atoms with Gasteiger partial charge in [0.15, 0.2) is 5.84 Å². The lowest BCUT2D eigenvalue weighted by Crippen LogP contribution is -2.30. The zero-order valence-electron chi connectivity index (χ0n) is 15.3. The number of carbonyl (C=O) groups excluding carboxylic acids is 2. The average Bonchev–Trinajstić information content (AvgIpc) is 3.37. The van der Waals surface area contributed by atoms with Gasteiger partial charge in [-0.25, -0.2) is 13.6 Å². The lowest BCUT2D eigenvalue weighted by atomic mass is 9.91. The molecule has 2 N–H and O–H groups in total. The predicted octanol–water partition coefficient (Wildman–Crippen LogP) is 2.88. The largest absolute Gasteiger partial charge is 0.384 e. The van der Waals surface area contributed by atoms with E-state index in [9.17, 15) is 18.4 Å². The Balaban J connectivity index is 1.80. The van der Waals surface area contributed by atoms with Gasteiger partial charge in [0.05, 0.1) is 5.41 Å². The number of carbonyl (C=O) groups is 2. The van der Waals surface area contributed by atoms with Crippen molar-refractivity contribution in [3.63, 3.8) is 0 Å². The first-order valence-electron chi connectivity index (χ1n) is 8.80. The van der Waals surface area contributed by atoms with E-state index in [4.69, 9.17) is 10.6 Å². The number of benzene rings is 1. The van der Waals surface area contributed by atoms with E-state index in [1.54, 1.807) is 0 Å². The molecule has 0 atom stereocenters. The van der Waals surface area contributed by atoms with Gasteiger partial charge in [-0.2, -0.15) is 5.10 Å². The highest BCUT2D eigenvalue weighted by atomic mass is 19.3. The molecule has 0 amide bonds. The summed E-state index contributed by atoms with van der Waals surface area (Å²) in [6.45, 7) is 1.94. The summed E-state index contributed by atoms with van der Waals surface area (Å²) in [4.78, 5) is 27.8. The van der Waals surface area contributed by atoms with Gasteiger partial charge in [-0.1, -0.05) is 29.4 Å². The van der Waals surface area contributed by atoms with Crippen molar-refractivity contribution < 1.29 is 23.2 Å². The number of rotatable bonds is 8. The predicted molar refractivity (Wildman–Crippen MR) is 97.0 cm³/mol. The Hall–Kier alpha value is -3.10. The van der Waals surface area contributed by atoms with Crippen molar-refractivity contribution in [2.24, 2.45) is 10.9 Å². The molecule has 2 aromatic rings. The summed E-state index contributed by atoms with van der Waals surface area (Å²) in [6.07, 6.45) is -0.677. The maximum atomic E-state index is 12.9. The third kappa shape index (κ3) is 3.78. The summed E-state index contributed by atoms with van der Waals surface area (Å²) in [6, 6.07) is 8.67. The first kappa shape index (κ1) is 19.7. The molecule has 0 aliphatic heterocycles. The van der Waals surface area contributed by atoms with E-state index >= 15 is 0 Å². The normalized spacial score (nSPS) is 15.5. The number of nitrogens with zero attached hydrogens (tertiary/aromatic N) is 3. The Kier molecular flexibility index (Phi) is 5.53. The molecular formula is C19H20F2N4O3. The van der Waals surface area contributed by atoms with E-state index in [2.05, 4.69) is 10.3 Å². The van der Waals surface area contributed by atoms with Crippen LogP contribution < -0.4 is 5.73 Å². The van der Waals surface area contributed by atoms with Gasteiger partial charge in [0.25, 0.3) is 6.43 Å². The lowest BCUT2D eigenvalue weighted by molar-refractivity contribution is -0.108. The van der Waals surface area contributed by atoms with E-state index < -0.39 is 23.5 Å².